The quantitative estimate of drug-likeness (QED) is 0.200. The Hall–Kier alpha value is -0.0300. The van der Waals surface area contributed by atoms with Gasteiger partial charge in [-0.2, -0.15) is 0 Å². The average molecular weight is 620 g/mol. The summed E-state index contributed by atoms with van der Waals surface area (Å²) >= 11 is 6.87. The number of rotatable bonds is 8. The molecule has 0 spiro atoms. The van der Waals surface area contributed by atoms with Crippen molar-refractivity contribution in [1.82, 2.24) is 0 Å². The third kappa shape index (κ3) is 7.09. The molecule has 0 amide bonds. The molecule has 4 rings (SSSR count). The van der Waals surface area contributed by atoms with Crippen molar-refractivity contribution in [3.05, 3.63) is 35.1 Å². The molecule has 0 saturated heterocycles. The average Bonchev–Trinajstić information content (AvgIpc) is 2.85. The molecule has 35 heavy (non-hydrogen) atoms. The maximum atomic E-state index is 15.2. The summed E-state index contributed by atoms with van der Waals surface area (Å²) in [4.78, 5) is 0. The number of unbranched alkanes of at least 4 members (excludes halogenated alkanes) is 2. The molecule has 0 radical (unpaired) electrons. The van der Waals surface area contributed by atoms with Gasteiger partial charge in [-0.25, -0.2) is 13.2 Å². The van der Waals surface area contributed by atoms with E-state index in [4.69, 9.17) is 0 Å². The van der Waals surface area contributed by atoms with Crippen LogP contribution in [-0.4, -0.2) is 9.66 Å². The van der Waals surface area contributed by atoms with Crippen LogP contribution >= 0.6 is 31.9 Å². The summed E-state index contributed by atoms with van der Waals surface area (Å²) in [5.41, 5.74) is 1.74. The molecule has 3 fully saturated rings. The van der Waals surface area contributed by atoms with Crippen molar-refractivity contribution in [3.63, 3.8) is 0 Å². The molecule has 0 aliphatic heterocycles. The molecule has 3 aliphatic rings. The molecule has 0 bridgehead atoms. The monoisotopic (exact) mass is 618 g/mol. The summed E-state index contributed by atoms with van der Waals surface area (Å²) in [6, 6.07) is 5.72. The van der Waals surface area contributed by atoms with Crippen LogP contribution in [0.4, 0.5) is 13.2 Å². The van der Waals surface area contributed by atoms with E-state index in [0.717, 1.165) is 36.2 Å². The number of alkyl halides is 4. The Labute approximate surface area is 227 Å². The van der Waals surface area contributed by atoms with Crippen LogP contribution in [0.25, 0.3) is 0 Å². The highest BCUT2D eigenvalue weighted by Gasteiger charge is 2.45. The molecular formula is C30H43Br2F3. The van der Waals surface area contributed by atoms with Crippen molar-refractivity contribution in [2.24, 2.45) is 23.7 Å². The molecule has 5 heteroatoms. The highest BCUT2D eigenvalue weighted by atomic mass is 79.9. The topological polar surface area (TPSA) is 0 Å². The number of benzene rings is 1. The molecule has 0 nitrogen and oxygen atoms in total. The Balaban J connectivity index is 1.28. The van der Waals surface area contributed by atoms with Gasteiger partial charge in [-0.05, 0) is 105 Å². The zero-order valence-electron chi connectivity index (χ0n) is 21.3. The fourth-order valence-electron chi connectivity index (χ4n) is 7.40. The minimum absolute atomic E-state index is 0.140. The van der Waals surface area contributed by atoms with Gasteiger partial charge in [0.05, 0.1) is 3.23 Å². The van der Waals surface area contributed by atoms with E-state index in [1.807, 2.05) is 6.07 Å². The first-order chi connectivity index (χ1) is 16.8. The number of hydrogen-bond acceptors (Lipinski definition) is 0. The van der Waals surface area contributed by atoms with Gasteiger partial charge in [0, 0.05) is 5.92 Å². The van der Waals surface area contributed by atoms with Crippen LogP contribution in [0.1, 0.15) is 126 Å². The van der Waals surface area contributed by atoms with Crippen LogP contribution in [0.15, 0.2) is 18.2 Å². The minimum Gasteiger partial charge on any atom is -0.210 e. The van der Waals surface area contributed by atoms with Gasteiger partial charge in [-0.3, -0.25) is 0 Å². The lowest BCUT2D eigenvalue weighted by Gasteiger charge is -2.39. The Morgan fingerprint density at radius 2 is 1.54 bits per heavy atom. The maximum absolute atomic E-state index is 15.2. The van der Waals surface area contributed by atoms with Gasteiger partial charge in [-0.15, -0.1) is 0 Å². The van der Waals surface area contributed by atoms with Gasteiger partial charge < -0.3 is 0 Å². The smallest absolute Gasteiger partial charge is 0.210 e. The first-order valence-corrected chi connectivity index (χ1v) is 15.8. The van der Waals surface area contributed by atoms with E-state index in [1.54, 1.807) is 6.07 Å². The molecule has 198 valence electrons. The Morgan fingerprint density at radius 3 is 2.14 bits per heavy atom. The lowest BCUT2D eigenvalue weighted by molar-refractivity contribution is 0.0510. The van der Waals surface area contributed by atoms with E-state index in [-0.39, 0.29) is 11.7 Å². The SMILES string of the molecule is CCCCCC1CCC(C2CCC(c3ccc(C4CCC(Br)(Br)C(C(F)F)C4)c(F)c3)CC2)CC1. The highest BCUT2D eigenvalue weighted by molar-refractivity contribution is 9.25. The molecule has 3 aliphatic carbocycles. The van der Waals surface area contributed by atoms with Crippen LogP contribution in [0.2, 0.25) is 0 Å². The Kier molecular flexibility index (Phi) is 10.1. The van der Waals surface area contributed by atoms with Crippen molar-refractivity contribution in [1.29, 1.82) is 0 Å². The molecule has 0 aromatic heterocycles. The van der Waals surface area contributed by atoms with Crippen molar-refractivity contribution in [2.75, 3.05) is 0 Å². The predicted molar refractivity (Wildman–Crippen MR) is 147 cm³/mol. The summed E-state index contributed by atoms with van der Waals surface area (Å²) in [5.74, 6) is 2.02. The van der Waals surface area contributed by atoms with Gasteiger partial charge in [0.25, 0.3) is 0 Å². The first-order valence-electron chi connectivity index (χ1n) is 14.2. The molecular weight excluding hydrogens is 577 g/mol. The first kappa shape index (κ1) is 28.0. The van der Waals surface area contributed by atoms with Crippen LogP contribution in [0.3, 0.4) is 0 Å². The van der Waals surface area contributed by atoms with Crippen molar-refractivity contribution in [2.45, 2.75) is 125 Å². The van der Waals surface area contributed by atoms with Crippen LogP contribution in [0.5, 0.6) is 0 Å². The third-order valence-electron chi connectivity index (χ3n) is 9.69. The zero-order chi connectivity index (χ0) is 25.0. The summed E-state index contributed by atoms with van der Waals surface area (Å²) in [5, 5.41) is 0. The molecule has 0 N–H and O–H groups in total. The summed E-state index contributed by atoms with van der Waals surface area (Å²) in [7, 11) is 0. The normalized spacial score (nSPS) is 33.7. The molecule has 3 saturated carbocycles. The zero-order valence-corrected chi connectivity index (χ0v) is 24.4. The lowest BCUT2D eigenvalue weighted by atomic mass is 9.68. The molecule has 1 aromatic carbocycles. The van der Waals surface area contributed by atoms with Crippen LogP contribution in [-0.2, 0) is 0 Å². The third-order valence-corrected chi connectivity index (χ3v) is 11.7. The Bertz CT molecular complexity index is 795. The summed E-state index contributed by atoms with van der Waals surface area (Å²) in [6.07, 6.45) is 15.3. The molecule has 2 unspecified atom stereocenters. The molecule has 0 heterocycles. The summed E-state index contributed by atoms with van der Waals surface area (Å²) < 4.78 is 41.7. The van der Waals surface area contributed by atoms with Crippen molar-refractivity contribution < 1.29 is 13.2 Å². The molecule has 1 aromatic rings. The highest BCUT2D eigenvalue weighted by Crippen LogP contribution is 2.53. The number of hydrogen-bond donors (Lipinski definition) is 0. The fraction of sp³-hybridized carbons (Fsp3) is 0.800. The maximum Gasteiger partial charge on any atom is 0.243 e. The van der Waals surface area contributed by atoms with E-state index in [2.05, 4.69) is 44.8 Å². The van der Waals surface area contributed by atoms with E-state index in [0.29, 0.717) is 30.7 Å². The predicted octanol–water partition coefficient (Wildman–Crippen LogP) is 11.1. The second-order valence-electron chi connectivity index (χ2n) is 11.8. The van der Waals surface area contributed by atoms with E-state index in [9.17, 15) is 8.78 Å². The van der Waals surface area contributed by atoms with E-state index >= 15 is 4.39 Å². The van der Waals surface area contributed by atoms with E-state index in [1.165, 1.54) is 64.2 Å². The van der Waals surface area contributed by atoms with Gasteiger partial charge in [0.1, 0.15) is 5.82 Å². The fourth-order valence-corrected chi connectivity index (χ4v) is 8.63. The van der Waals surface area contributed by atoms with Crippen LogP contribution < -0.4 is 0 Å². The van der Waals surface area contributed by atoms with Crippen molar-refractivity contribution >= 4 is 31.9 Å². The molecule has 2 atom stereocenters. The van der Waals surface area contributed by atoms with Gasteiger partial charge in [0.15, 0.2) is 0 Å². The van der Waals surface area contributed by atoms with Gasteiger partial charge in [-0.1, -0.05) is 89.4 Å². The largest absolute Gasteiger partial charge is 0.243 e. The second-order valence-corrected chi connectivity index (χ2v) is 15.7. The Morgan fingerprint density at radius 1 is 0.886 bits per heavy atom. The second kappa shape index (κ2) is 12.7. The standard InChI is InChI=1S/C30H43Br2F3/c1-2-3-4-5-20-6-8-21(9-7-20)22-10-12-23(13-11-22)24-14-15-26(28(33)19-24)25-16-17-30(31,32)27(18-25)29(34)35/h14-15,19-23,25,27,29H,2-13,16-18H2,1H3. The van der Waals surface area contributed by atoms with Gasteiger partial charge in [0.2, 0.25) is 6.43 Å². The lowest BCUT2D eigenvalue weighted by Crippen LogP contribution is -2.36. The number of halogens is 5. The van der Waals surface area contributed by atoms with Crippen LogP contribution in [0, 0.1) is 29.5 Å². The van der Waals surface area contributed by atoms with Gasteiger partial charge >= 0.3 is 0 Å². The minimum atomic E-state index is -2.43. The van der Waals surface area contributed by atoms with E-state index < -0.39 is 15.6 Å². The summed E-state index contributed by atoms with van der Waals surface area (Å²) in [6.45, 7) is 2.29. The van der Waals surface area contributed by atoms with Crippen molar-refractivity contribution in [3.8, 4) is 0 Å².